The Morgan fingerprint density at radius 3 is 2.78 bits per heavy atom. The smallest absolute Gasteiger partial charge is 0.289 e. The summed E-state index contributed by atoms with van der Waals surface area (Å²) < 4.78 is 5.20. The maximum Gasteiger partial charge on any atom is 0.289 e. The van der Waals surface area contributed by atoms with Crippen LogP contribution in [0.5, 0.6) is 0 Å². The number of furan rings is 1. The average Bonchev–Trinajstić information content (AvgIpc) is 3.23. The number of aromatic nitrogens is 1. The van der Waals surface area contributed by atoms with E-state index in [1.54, 1.807) is 12.1 Å². The van der Waals surface area contributed by atoms with E-state index in [0.717, 1.165) is 41.9 Å². The van der Waals surface area contributed by atoms with E-state index in [1.807, 2.05) is 23.1 Å². The number of fused-ring (bicyclic) bond motifs is 1. The molecule has 0 saturated carbocycles. The summed E-state index contributed by atoms with van der Waals surface area (Å²) in [5.74, 6) is 0.849. The number of carbonyl (C=O) groups excluding carboxylic acids is 1. The number of hydrogen-bond acceptors (Lipinski definition) is 2. The van der Waals surface area contributed by atoms with Gasteiger partial charge in [0.1, 0.15) is 0 Å². The molecule has 1 aliphatic heterocycles. The van der Waals surface area contributed by atoms with E-state index in [-0.39, 0.29) is 5.91 Å². The number of rotatable bonds is 2. The third-order valence-corrected chi connectivity index (χ3v) is 4.79. The summed E-state index contributed by atoms with van der Waals surface area (Å²) >= 11 is 6.05. The zero-order valence-corrected chi connectivity index (χ0v) is 13.3. The van der Waals surface area contributed by atoms with Crippen LogP contribution in [0.25, 0.3) is 10.9 Å². The molecule has 0 radical (unpaired) electrons. The first-order valence-electron chi connectivity index (χ1n) is 7.81. The lowest BCUT2D eigenvalue weighted by Crippen LogP contribution is -2.37. The number of carbonyl (C=O) groups is 1. The van der Waals surface area contributed by atoms with Crippen LogP contribution in [0.3, 0.4) is 0 Å². The SMILES string of the molecule is O=C(c1ccco1)N1CCC(c2cc3cc(Cl)ccc3[nH]2)CC1. The van der Waals surface area contributed by atoms with Gasteiger partial charge in [-0.15, -0.1) is 0 Å². The minimum absolute atomic E-state index is 0.0168. The number of H-pyrrole nitrogens is 1. The Morgan fingerprint density at radius 1 is 1.22 bits per heavy atom. The first-order valence-corrected chi connectivity index (χ1v) is 8.19. The fraction of sp³-hybridized carbons (Fsp3) is 0.278. The Kier molecular flexibility index (Phi) is 3.62. The molecular weight excluding hydrogens is 312 g/mol. The number of amides is 1. The molecule has 23 heavy (non-hydrogen) atoms. The van der Waals surface area contributed by atoms with Gasteiger partial charge in [0, 0.05) is 40.6 Å². The molecule has 3 aromatic rings. The highest BCUT2D eigenvalue weighted by Gasteiger charge is 2.26. The summed E-state index contributed by atoms with van der Waals surface area (Å²) in [7, 11) is 0. The Bertz CT molecular complexity index is 830. The number of hydrogen-bond donors (Lipinski definition) is 1. The maximum atomic E-state index is 12.3. The van der Waals surface area contributed by atoms with Crippen molar-refractivity contribution in [1.29, 1.82) is 0 Å². The summed E-state index contributed by atoms with van der Waals surface area (Å²) in [6.07, 6.45) is 3.44. The Hall–Kier alpha value is -2.20. The van der Waals surface area contributed by atoms with Gasteiger partial charge in [0.05, 0.1) is 6.26 Å². The first kappa shape index (κ1) is 14.4. The van der Waals surface area contributed by atoms with Gasteiger partial charge in [0.2, 0.25) is 0 Å². The highest BCUT2D eigenvalue weighted by molar-refractivity contribution is 6.31. The molecule has 1 fully saturated rings. The normalized spacial score (nSPS) is 16.1. The van der Waals surface area contributed by atoms with Crippen LogP contribution in [0, 0.1) is 0 Å². The lowest BCUT2D eigenvalue weighted by atomic mass is 9.93. The van der Waals surface area contributed by atoms with Gasteiger partial charge in [-0.05, 0) is 49.2 Å². The molecular formula is C18H17ClN2O2. The van der Waals surface area contributed by atoms with E-state index in [9.17, 15) is 4.79 Å². The molecule has 1 aliphatic rings. The van der Waals surface area contributed by atoms with Gasteiger partial charge in [0.25, 0.3) is 5.91 Å². The zero-order chi connectivity index (χ0) is 15.8. The molecule has 1 amide bonds. The van der Waals surface area contributed by atoms with Crippen LogP contribution in [0.4, 0.5) is 0 Å². The van der Waals surface area contributed by atoms with Crippen molar-refractivity contribution in [3.63, 3.8) is 0 Å². The van der Waals surface area contributed by atoms with Gasteiger partial charge in [0.15, 0.2) is 5.76 Å². The number of nitrogens with zero attached hydrogens (tertiary/aromatic N) is 1. The van der Waals surface area contributed by atoms with Crippen LogP contribution < -0.4 is 0 Å². The predicted molar refractivity (Wildman–Crippen MR) is 89.9 cm³/mol. The zero-order valence-electron chi connectivity index (χ0n) is 12.6. The number of likely N-dealkylation sites (tertiary alicyclic amines) is 1. The van der Waals surface area contributed by atoms with Gasteiger partial charge in [-0.25, -0.2) is 0 Å². The topological polar surface area (TPSA) is 49.2 Å². The number of benzene rings is 1. The number of piperidine rings is 1. The lowest BCUT2D eigenvalue weighted by Gasteiger charge is -2.31. The fourth-order valence-corrected chi connectivity index (χ4v) is 3.48. The van der Waals surface area contributed by atoms with Crippen molar-refractivity contribution in [2.75, 3.05) is 13.1 Å². The van der Waals surface area contributed by atoms with Crippen LogP contribution in [-0.4, -0.2) is 28.9 Å². The van der Waals surface area contributed by atoms with Crippen molar-refractivity contribution in [3.8, 4) is 0 Å². The van der Waals surface area contributed by atoms with E-state index in [1.165, 1.54) is 12.0 Å². The molecule has 2 aromatic heterocycles. The van der Waals surface area contributed by atoms with Gasteiger partial charge >= 0.3 is 0 Å². The molecule has 118 valence electrons. The molecule has 4 rings (SSSR count). The van der Waals surface area contributed by atoms with Crippen molar-refractivity contribution in [2.24, 2.45) is 0 Å². The minimum Gasteiger partial charge on any atom is -0.459 e. The molecule has 4 nitrogen and oxygen atoms in total. The summed E-state index contributed by atoms with van der Waals surface area (Å²) in [6.45, 7) is 1.50. The van der Waals surface area contributed by atoms with Crippen LogP contribution in [0.1, 0.15) is 35.0 Å². The van der Waals surface area contributed by atoms with Gasteiger partial charge in [-0.1, -0.05) is 11.6 Å². The second kappa shape index (κ2) is 5.78. The van der Waals surface area contributed by atoms with E-state index < -0.39 is 0 Å². The van der Waals surface area contributed by atoms with Crippen LogP contribution in [-0.2, 0) is 0 Å². The van der Waals surface area contributed by atoms with E-state index in [0.29, 0.717) is 11.7 Å². The van der Waals surface area contributed by atoms with Crippen LogP contribution in [0.2, 0.25) is 5.02 Å². The molecule has 0 atom stereocenters. The molecule has 5 heteroatoms. The molecule has 0 aliphatic carbocycles. The molecule has 3 heterocycles. The Labute approximate surface area is 139 Å². The largest absolute Gasteiger partial charge is 0.459 e. The monoisotopic (exact) mass is 328 g/mol. The number of nitrogens with one attached hydrogen (secondary N) is 1. The third kappa shape index (κ3) is 2.75. The quantitative estimate of drug-likeness (QED) is 0.756. The van der Waals surface area contributed by atoms with Crippen LogP contribution in [0.15, 0.2) is 47.1 Å². The highest BCUT2D eigenvalue weighted by Crippen LogP contribution is 2.31. The first-order chi connectivity index (χ1) is 11.2. The summed E-state index contributed by atoms with van der Waals surface area (Å²) in [6, 6.07) is 11.5. The maximum absolute atomic E-state index is 12.3. The lowest BCUT2D eigenvalue weighted by molar-refractivity contribution is 0.0680. The van der Waals surface area contributed by atoms with Gasteiger partial charge < -0.3 is 14.3 Å². The molecule has 1 N–H and O–H groups in total. The van der Waals surface area contributed by atoms with Crippen molar-refractivity contribution >= 4 is 28.4 Å². The van der Waals surface area contributed by atoms with Crippen molar-refractivity contribution in [3.05, 3.63) is 59.1 Å². The third-order valence-electron chi connectivity index (χ3n) is 4.56. The molecule has 0 spiro atoms. The minimum atomic E-state index is -0.0168. The second-order valence-electron chi connectivity index (χ2n) is 6.00. The van der Waals surface area contributed by atoms with Crippen LogP contribution >= 0.6 is 11.6 Å². The van der Waals surface area contributed by atoms with Crippen molar-refractivity contribution in [2.45, 2.75) is 18.8 Å². The molecule has 0 bridgehead atoms. The van der Waals surface area contributed by atoms with E-state index in [4.69, 9.17) is 16.0 Å². The van der Waals surface area contributed by atoms with E-state index >= 15 is 0 Å². The summed E-state index contributed by atoms with van der Waals surface area (Å²) in [5.41, 5.74) is 2.34. The summed E-state index contributed by atoms with van der Waals surface area (Å²) in [5, 5.41) is 1.89. The average molecular weight is 329 g/mol. The highest BCUT2D eigenvalue weighted by atomic mass is 35.5. The standard InChI is InChI=1S/C18H17ClN2O2/c19-14-3-4-15-13(10-14)11-16(20-15)12-5-7-21(8-6-12)18(22)17-2-1-9-23-17/h1-4,9-12,20H,5-8H2. The van der Waals surface area contributed by atoms with Gasteiger partial charge in [-0.3, -0.25) is 4.79 Å². The molecule has 1 aromatic carbocycles. The molecule has 0 unspecified atom stereocenters. The Balaban J connectivity index is 1.47. The Morgan fingerprint density at radius 2 is 2.04 bits per heavy atom. The fourth-order valence-electron chi connectivity index (χ4n) is 3.30. The van der Waals surface area contributed by atoms with E-state index in [2.05, 4.69) is 11.1 Å². The summed E-state index contributed by atoms with van der Waals surface area (Å²) in [4.78, 5) is 17.6. The van der Waals surface area contributed by atoms with Gasteiger partial charge in [-0.2, -0.15) is 0 Å². The van der Waals surface area contributed by atoms with Crippen molar-refractivity contribution < 1.29 is 9.21 Å². The van der Waals surface area contributed by atoms with Crippen molar-refractivity contribution in [1.82, 2.24) is 9.88 Å². The number of aromatic amines is 1. The predicted octanol–water partition coefficient (Wildman–Crippen LogP) is 4.43. The second-order valence-corrected chi connectivity index (χ2v) is 6.44. The number of halogens is 1. The molecule has 1 saturated heterocycles.